The molecule has 0 amide bonds. The van der Waals surface area contributed by atoms with E-state index >= 15 is 0 Å². The molecular weight excluding hydrogens is 271 g/mol. The van der Waals surface area contributed by atoms with Crippen LogP contribution < -0.4 is 0 Å². The van der Waals surface area contributed by atoms with Gasteiger partial charge < -0.3 is 15.1 Å². The number of unbranched alkanes of at least 4 members (excludes halogenated alkanes) is 1. The Morgan fingerprint density at radius 2 is 1.84 bits per heavy atom. The lowest BCUT2D eigenvalue weighted by atomic mass is 10.2. The van der Waals surface area contributed by atoms with Crippen molar-refractivity contribution in [2.75, 3.05) is 12.3 Å². The summed E-state index contributed by atoms with van der Waals surface area (Å²) in [4.78, 5) is 31.0. The molecule has 0 bridgehead atoms. The fourth-order valence-electron chi connectivity index (χ4n) is 1.65. The van der Waals surface area contributed by atoms with Gasteiger partial charge in [-0.3, -0.25) is 9.36 Å². The van der Waals surface area contributed by atoms with Gasteiger partial charge in [-0.1, -0.05) is 19.9 Å². The van der Waals surface area contributed by atoms with Crippen LogP contribution in [-0.2, 0) is 14.2 Å². The van der Waals surface area contributed by atoms with E-state index in [9.17, 15) is 19.0 Å². The number of hydrogen-bond acceptors (Lipinski definition) is 3. The van der Waals surface area contributed by atoms with Crippen molar-refractivity contribution >= 4 is 19.3 Å². The number of carboxylic acids is 2. The second-order valence-electron chi connectivity index (χ2n) is 4.90. The minimum Gasteiger partial charge on any atom is -0.481 e. The summed E-state index contributed by atoms with van der Waals surface area (Å²) in [7, 11) is -3.49. The fourth-order valence-corrected chi connectivity index (χ4v) is 3.72. The van der Waals surface area contributed by atoms with Crippen molar-refractivity contribution in [2.24, 2.45) is 5.92 Å². The maximum absolute atomic E-state index is 11.8. The topological polar surface area (TPSA) is 112 Å². The molecule has 1 atom stereocenters. The van der Waals surface area contributed by atoms with Crippen LogP contribution in [0.15, 0.2) is 11.6 Å². The molecule has 19 heavy (non-hydrogen) atoms. The number of carbonyl (C=O) groups is 2. The van der Waals surface area contributed by atoms with E-state index in [-0.39, 0.29) is 36.7 Å². The zero-order valence-corrected chi connectivity index (χ0v) is 12.1. The van der Waals surface area contributed by atoms with Crippen molar-refractivity contribution in [3.63, 3.8) is 0 Å². The Hall–Kier alpha value is -1.13. The number of aliphatic carboxylic acids is 2. The monoisotopic (exact) mass is 292 g/mol. The average Bonchev–Trinajstić information content (AvgIpc) is 2.19. The Morgan fingerprint density at radius 1 is 1.26 bits per heavy atom. The summed E-state index contributed by atoms with van der Waals surface area (Å²) in [6.07, 6.45) is 1.59. The number of carboxylic acid groups (broad SMARTS) is 2. The molecule has 0 aromatic rings. The van der Waals surface area contributed by atoms with Gasteiger partial charge in [0.15, 0.2) is 0 Å². The molecule has 6 nitrogen and oxygen atoms in total. The second-order valence-corrected chi connectivity index (χ2v) is 7.28. The highest BCUT2D eigenvalue weighted by Crippen LogP contribution is 2.44. The lowest BCUT2D eigenvalue weighted by Crippen LogP contribution is -2.09. The van der Waals surface area contributed by atoms with E-state index in [0.29, 0.717) is 6.42 Å². The van der Waals surface area contributed by atoms with Gasteiger partial charge in [-0.05, 0) is 18.8 Å². The summed E-state index contributed by atoms with van der Waals surface area (Å²) in [6.45, 7) is 3.58. The molecule has 3 N–H and O–H groups in total. The van der Waals surface area contributed by atoms with Gasteiger partial charge in [0.05, 0.1) is 6.16 Å². The molecule has 0 saturated carbocycles. The van der Waals surface area contributed by atoms with Crippen molar-refractivity contribution in [3.05, 3.63) is 11.6 Å². The van der Waals surface area contributed by atoms with E-state index in [2.05, 4.69) is 0 Å². The van der Waals surface area contributed by atoms with Gasteiger partial charge in [0.1, 0.15) is 0 Å². The predicted molar refractivity (Wildman–Crippen MR) is 71.6 cm³/mol. The first-order valence-electron chi connectivity index (χ1n) is 6.09. The van der Waals surface area contributed by atoms with E-state index in [1.54, 1.807) is 13.8 Å². The smallest absolute Gasteiger partial charge is 0.331 e. The minimum atomic E-state index is -3.49. The van der Waals surface area contributed by atoms with Crippen LogP contribution in [0.2, 0.25) is 0 Å². The average molecular weight is 292 g/mol. The molecule has 0 aliphatic rings. The molecule has 0 fully saturated rings. The normalized spacial score (nSPS) is 15.3. The van der Waals surface area contributed by atoms with Crippen LogP contribution in [0.1, 0.15) is 33.1 Å². The van der Waals surface area contributed by atoms with Gasteiger partial charge in [0, 0.05) is 18.2 Å². The van der Waals surface area contributed by atoms with E-state index in [4.69, 9.17) is 10.2 Å². The highest BCUT2D eigenvalue weighted by molar-refractivity contribution is 7.58. The van der Waals surface area contributed by atoms with Gasteiger partial charge in [-0.2, -0.15) is 0 Å². The SMILES string of the molecule is CC(C)CP(=O)(O)C/C(=C\CCCC(=O)O)C(=O)O. The molecular formula is C12H21O6P. The summed E-state index contributed by atoms with van der Waals surface area (Å²) in [6, 6.07) is 0. The van der Waals surface area contributed by atoms with Crippen LogP contribution in [-0.4, -0.2) is 39.4 Å². The van der Waals surface area contributed by atoms with Crippen LogP contribution in [0.5, 0.6) is 0 Å². The third-order valence-corrected chi connectivity index (χ3v) is 4.46. The highest BCUT2D eigenvalue weighted by atomic mass is 31.2. The maximum Gasteiger partial charge on any atom is 0.331 e. The van der Waals surface area contributed by atoms with Gasteiger partial charge in [-0.15, -0.1) is 0 Å². The summed E-state index contributed by atoms with van der Waals surface area (Å²) < 4.78 is 11.8. The molecule has 0 rings (SSSR count). The van der Waals surface area contributed by atoms with Crippen molar-refractivity contribution in [1.82, 2.24) is 0 Å². The predicted octanol–water partition coefficient (Wildman–Crippen LogP) is 2.18. The largest absolute Gasteiger partial charge is 0.481 e. The lowest BCUT2D eigenvalue weighted by molar-refractivity contribution is -0.137. The molecule has 0 aliphatic carbocycles. The highest BCUT2D eigenvalue weighted by Gasteiger charge is 2.24. The fraction of sp³-hybridized carbons (Fsp3) is 0.667. The van der Waals surface area contributed by atoms with Crippen LogP contribution >= 0.6 is 7.37 Å². The number of allylic oxidation sites excluding steroid dienone is 1. The Labute approximate surface area is 112 Å². The summed E-state index contributed by atoms with van der Waals surface area (Å²) >= 11 is 0. The Kier molecular flexibility index (Phi) is 7.64. The van der Waals surface area contributed by atoms with Gasteiger partial charge in [0.2, 0.25) is 7.37 Å². The zero-order chi connectivity index (χ0) is 15.1. The second kappa shape index (κ2) is 8.12. The standard InChI is InChI=1S/C12H21O6P/c1-9(2)7-19(17,18)8-10(12(15)16)5-3-4-6-11(13)14/h5,9H,3-4,6-8H2,1-2H3,(H,13,14)(H,15,16)(H,17,18)/b10-5+. The van der Waals surface area contributed by atoms with E-state index in [1.807, 2.05) is 0 Å². The molecule has 0 aromatic carbocycles. The molecule has 7 heteroatoms. The molecule has 0 aromatic heterocycles. The van der Waals surface area contributed by atoms with E-state index in [1.165, 1.54) is 6.08 Å². The van der Waals surface area contributed by atoms with E-state index in [0.717, 1.165) is 0 Å². The molecule has 110 valence electrons. The quantitative estimate of drug-likeness (QED) is 0.341. The summed E-state index contributed by atoms with van der Waals surface area (Å²) in [5, 5.41) is 17.4. The lowest BCUT2D eigenvalue weighted by Gasteiger charge is -2.14. The number of rotatable bonds is 9. The van der Waals surface area contributed by atoms with Gasteiger partial charge >= 0.3 is 11.9 Å². The summed E-state index contributed by atoms with van der Waals surface area (Å²) in [5.41, 5.74) is -0.114. The first-order valence-corrected chi connectivity index (χ1v) is 8.12. The van der Waals surface area contributed by atoms with Crippen molar-refractivity contribution < 1.29 is 29.3 Å². The molecule has 1 unspecified atom stereocenters. The summed E-state index contributed by atoms with van der Waals surface area (Å²) in [5.74, 6) is -2.16. The van der Waals surface area contributed by atoms with Crippen molar-refractivity contribution in [1.29, 1.82) is 0 Å². The first kappa shape index (κ1) is 17.9. The Bertz CT molecular complexity index is 399. The van der Waals surface area contributed by atoms with Crippen molar-refractivity contribution in [2.45, 2.75) is 33.1 Å². The maximum atomic E-state index is 11.8. The molecule has 0 aliphatic heterocycles. The zero-order valence-electron chi connectivity index (χ0n) is 11.2. The Balaban J connectivity index is 4.57. The molecule has 0 saturated heterocycles. The third-order valence-electron chi connectivity index (χ3n) is 2.33. The van der Waals surface area contributed by atoms with Gasteiger partial charge in [0.25, 0.3) is 0 Å². The number of hydrogen-bond donors (Lipinski definition) is 3. The Morgan fingerprint density at radius 3 is 2.26 bits per heavy atom. The van der Waals surface area contributed by atoms with Crippen LogP contribution in [0.3, 0.4) is 0 Å². The van der Waals surface area contributed by atoms with Gasteiger partial charge in [-0.25, -0.2) is 4.79 Å². The first-order chi connectivity index (χ1) is 8.64. The third kappa shape index (κ3) is 9.45. The van der Waals surface area contributed by atoms with E-state index < -0.39 is 19.3 Å². The van der Waals surface area contributed by atoms with Crippen LogP contribution in [0.25, 0.3) is 0 Å². The minimum absolute atomic E-state index is 0.0119. The molecule has 0 spiro atoms. The molecule has 0 radical (unpaired) electrons. The van der Waals surface area contributed by atoms with Crippen molar-refractivity contribution in [3.8, 4) is 0 Å². The van der Waals surface area contributed by atoms with Crippen LogP contribution in [0, 0.1) is 5.92 Å². The van der Waals surface area contributed by atoms with Crippen LogP contribution in [0.4, 0.5) is 0 Å². The molecule has 0 heterocycles.